The molecule has 4 nitrogen and oxygen atoms in total. The number of nitrogens with zero attached hydrogens (tertiary/aromatic N) is 2. The molecule has 0 spiro atoms. The number of hydrogen-bond acceptors (Lipinski definition) is 4. The number of para-hydroxylation sites is 1. The van der Waals surface area contributed by atoms with Gasteiger partial charge in [-0.25, -0.2) is 0 Å². The maximum atomic E-state index is 13.6. The van der Waals surface area contributed by atoms with E-state index in [0.29, 0.717) is 32.9 Å². The summed E-state index contributed by atoms with van der Waals surface area (Å²) in [5, 5.41) is 0.612. The second-order valence-corrected chi connectivity index (χ2v) is 10.3. The van der Waals surface area contributed by atoms with Crippen molar-refractivity contribution in [1.29, 1.82) is 0 Å². The van der Waals surface area contributed by atoms with E-state index in [0.717, 1.165) is 29.7 Å². The Bertz CT molecular complexity index is 1110. The SMILES string of the molecule is CCCCCCCCN1C(=O)/C(=C2/C(=O)N(Cc3ccccc3Cl)c3ccccc32)SC1=S. The average molecular weight is 499 g/mol. The number of anilines is 1. The van der Waals surface area contributed by atoms with Gasteiger partial charge >= 0.3 is 0 Å². The average Bonchev–Trinajstić information content (AvgIpc) is 3.24. The summed E-state index contributed by atoms with van der Waals surface area (Å²) in [5.41, 5.74) is 2.87. The number of rotatable bonds is 9. The van der Waals surface area contributed by atoms with Crippen molar-refractivity contribution in [2.24, 2.45) is 0 Å². The highest BCUT2D eigenvalue weighted by Gasteiger charge is 2.41. The van der Waals surface area contributed by atoms with Crippen molar-refractivity contribution in [1.82, 2.24) is 4.90 Å². The predicted octanol–water partition coefficient (Wildman–Crippen LogP) is 6.82. The molecule has 0 aliphatic carbocycles. The summed E-state index contributed by atoms with van der Waals surface area (Å²) >= 11 is 13.1. The minimum Gasteiger partial charge on any atom is -0.303 e. The zero-order chi connectivity index (χ0) is 23.4. The van der Waals surface area contributed by atoms with Gasteiger partial charge in [0.1, 0.15) is 4.32 Å². The van der Waals surface area contributed by atoms with Gasteiger partial charge in [-0.15, -0.1) is 0 Å². The Kier molecular flexibility index (Phi) is 7.89. The van der Waals surface area contributed by atoms with Crippen molar-refractivity contribution in [2.75, 3.05) is 11.4 Å². The zero-order valence-electron chi connectivity index (χ0n) is 18.7. The fraction of sp³-hybridized carbons (Fsp3) is 0.346. The molecule has 1 fully saturated rings. The van der Waals surface area contributed by atoms with E-state index < -0.39 is 0 Å². The molecule has 7 heteroatoms. The molecule has 1 saturated heterocycles. The molecule has 2 aliphatic heterocycles. The Hall–Kier alpha value is -2.15. The number of benzene rings is 2. The lowest BCUT2D eigenvalue weighted by atomic mass is 10.1. The monoisotopic (exact) mass is 498 g/mol. The molecule has 0 atom stereocenters. The van der Waals surface area contributed by atoms with Crippen molar-refractivity contribution in [3.05, 3.63) is 69.6 Å². The maximum absolute atomic E-state index is 13.6. The van der Waals surface area contributed by atoms with Crippen LogP contribution in [0.5, 0.6) is 0 Å². The molecule has 2 aliphatic rings. The summed E-state index contributed by atoms with van der Waals surface area (Å²) in [4.78, 5) is 30.7. The van der Waals surface area contributed by atoms with Crippen molar-refractivity contribution in [2.45, 2.75) is 52.0 Å². The Balaban J connectivity index is 1.57. The smallest absolute Gasteiger partial charge is 0.267 e. The quantitative estimate of drug-likeness (QED) is 0.216. The van der Waals surface area contributed by atoms with E-state index >= 15 is 0 Å². The summed E-state index contributed by atoms with van der Waals surface area (Å²) in [6.07, 6.45) is 6.86. The summed E-state index contributed by atoms with van der Waals surface area (Å²) in [7, 11) is 0. The largest absolute Gasteiger partial charge is 0.303 e. The maximum Gasteiger partial charge on any atom is 0.267 e. The molecule has 0 bridgehead atoms. The third-order valence-electron chi connectivity index (χ3n) is 6.02. The molecular weight excluding hydrogens is 472 g/mol. The molecular formula is C26H27ClN2O2S2. The van der Waals surface area contributed by atoms with Crippen LogP contribution in [-0.4, -0.2) is 27.6 Å². The lowest BCUT2D eigenvalue weighted by molar-refractivity contribution is -0.122. The van der Waals surface area contributed by atoms with Gasteiger partial charge in [-0.3, -0.25) is 14.5 Å². The minimum atomic E-state index is -0.184. The second-order valence-electron chi connectivity index (χ2n) is 8.30. The molecule has 2 aromatic rings. The molecule has 4 rings (SSSR count). The van der Waals surface area contributed by atoms with Crippen molar-refractivity contribution in [3.8, 4) is 0 Å². The van der Waals surface area contributed by atoms with Crippen LogP contribution in [-0.2, 0) is 16.1 Å². The third-order valence-corrected chi connectivity index (χ3v) is 7.84. The Labute approximate surface area is 210 Å². The molecule has 2 aromatic carbocycles. The fourth-order valence-electron chi connectivity index (χ4n) is 4.25. The van der Waals surface area contributed by atoms with E-state index in [9.17, 15) is 9.59 Å². The lowest BCUT2D eigenvalue weighted by Gasteiger charge is -2.18. The first-order chi connectivity index (χ1) is 16.0. The van der Waals surface area contributed by atoms with Crippen LogP contribution in [0.3, 0.4) is 0 Å². The predicted molar refractivity (Wildman–Crippen MR) is 141 cm³/mol. The highest BCUT2D eigenvalue weighted by molar-refractivity contribution is 8.26. The summed E-state index contributed by atoms with van der Waals surface area (Å²) in [5.74, 6) is -0.340. The third kappa shape index (κ3) is 5.03. The molecule has 2 heterocycles. The Morgan fingerprint density at radius 1 is 0.879 bits per heavy atom. The molecule has 0 saturated carbocycles. The number of carbonyl (C=O) groups excluding carboxylic acids is 2. The van der Waals surface area contributed by atoms with Crippen LogP contribution in [0, 0.1) is 0 Å². The number of hydrogen-bond donors (Lipinski definition) is 0. The standard InChI is InChI=1S/C26H27ClN2O2S2/c1-2-3-4-5-6-11-16-28-25(31)23(33-26(28)32)22-19-13-8-10-15-21(19)29(24(22)30)17-18-12-7-9-14-20(18)27/h7-10,12-15H,2-6,11,16-17H2,1H3/b23-22-. The van der Waals surface area contributed by atoms with Crippen LogP contribution in [0.2, 0.25) is 5.02 Å². The molecule has 0 unspecified atom stereocenters. The van der Waals surface area contributed by atoms with Crippen molar-refractivity contribution >= 4 is 63.0 Å². The van der Waals surface area contributed by atoms with Crippen LogP contribution in [0.1, 0.15) is 56.6 Å². The second kappa shape index (κ2) is 10.9. The van der Waals surface area contributed by atoms with Gasteiger partial charge in [-0.05, 0) is 24.1 Å². The summed E-state index contributed by atoms with van der Waals surface area (Å²) in [6, 6.07) is 15.1. The van der Waals surface area contributed by atoms with Crippen LogP contribution < -0.4 is 4.90 Å². The molecule has 0 N–H and O–H groups in total. The normalized spacial score (nSPS) is 17.9. The van der Waals surface area contributed by atoms with E-state index in [-0.39, 0.29) is 11.8 Å². The van der Waals surface area contributed by atoms with Gasteiger partial charge in [0, 0.05) is 17.1 Å². The van der Waals surface area contributed by atoms with Gasteiger partial charge in [-0.2, -0.15) is 0 Å². The minimum absolute atomic E-state index is 0.156. The summed E-state index contributed by atoms with van der Waals surface area (Å²) in [6.45, 7) is 3.15. The molecule has 0 radical (unpaired) electrons. The lowest BCUT2D eigenvalue weighted by Crippen LogP contribution is -2.30. The number of thiocarbonyl (C=S) groups is 1. The molecule has 33 heavy (non-hydrogen) atoms. The van der Waals surface area contributed by atoms with Crippen LogP contribution in [0.4, 0.5) is 5.69 Å². The van der Waals surface area contributed by atoms with Gasteiger partial charge in [0.2, 0.25) is 0 Å². The first-order valence-electron chi connectivity index (χ1n) is 11.5. The molecule has 0 aromatic heterocycles. The van der Waals surface area contributed by atoms with E-state index in [2.05, 4.69) is 6.92 Å². The van der Waals surface area contributed by atoms with E-state index in [4.69, 9.17) is 23.8 Å². The van der Waals surface area contributed by atoms with Gasteiger partial charge in [0.15, 0.2) is 0 Å². The van der Waals surface area contributed by atoms with E-state index in [1.54, 1.807) is 9.80 Å². The van der Waals surface area contributed by atoms with Crippen molar-refractivity contribution < 1.29 is 9.59 Å². The Morgan fingerprint density at radius 2 is 1.58 bits per heavy atom. The highest BCUT2D eigenvalue weighted by Crippen LogP contribution is 2.45. The number of thioether (sulfide) groups is 1. The number of fused-ring (bicyclic) bond motifs is 1. The number of amides is 2. The van der Waals surface area contributed by atoms with E-state index in [1.807, 2.05) is 48.5 Å². The van der Waals surface area contributed by atoms with E-state index in [1.165, 1.54) is 37.4 Å². The number of carbonyl (C=O) groups is 2. The van der Waals surface area contributed by atoms with Crippen molar-refractivity contribution in [3.63, 3.8) is 0 Å². The zero-order valence-corrected chi connectivity index (χ0v) is 21.1. The van der Waals surface area contributed by atoms with Gasteiger partial charge in [0.05, 0.1) is 22.7 Å². The van der Waals surface area contributed by atoms with Gasteiger partial charge in [-0.1, -0.05) is 111 Å². The fourth-order valence-corrected chi connectivity index (χ4v) is 5.82. The van der Waals surface area contributed by atoms with Crippen LogP contribution in [0.15, 0.2) is 53.4 Å². The van der Waals surface area contributed by atoms with Crippen LogP contribution in [0.25, 0.3) is 5.57 Å². The topological polar surface area (TPSA) is 40.6 Å². The molecule has 172 valence electrons. The van der Waals surface area contributed by atoms with Gasteiger partial charge < -0.3 is 4.90 Å². The van der Waals surface area contributed by atoms with Gasteiger partial charge in [0.25, 0.3) is 11.8 Å². The Morgan fingerprint density at radius 3 is 2.36 bits per heavy atom. The highest BCUT2D eigenvalue weighted by atomic mass is 35.5. The summed E-state index contributed by atoms with van der Waals surface area (Å²) < 4.78 is 0.533. The first kappa shape index (κ1) is 24.0. The number of unbranched alkanes of at least 4 members (excludes halogenated alkanes) is 5. The number of halogens is 1. The first-order valence-corrected chi connectivity index (χ1v) is 13.1. The molecule has 2 amide bonds. The van der Waals surface area contributed by atoms with Crippen LogP contribution >= 0.6 is 35.6 Å².